The van der Waals surface area contributed by atoms with Gasteiger partial charge in [-0.05, 0) is 37.2 Å². The normalized spacial score (nSPS) is 9.85. The Morgan fingerprint density at radius 2 is 1.95 bits per heavy atom. The Hall–Kier alpha value is -2.14. The van der Waals surface area contributed by atoms with Crippen molar-refractivity contribution in [2.75, 3.05) is 25.0 Å². The average molecular weight is 275 g/mol. The molecule has 0 aliphatic carbocycles. The lowest BCUT2D eigenvalue weighted by Crippen LogP contribution is -2.28. The molecule has 0 aromatic heterocycles. The Morgan fingerprint density at radius 3 is 2.55 bits per heavy atom. The molecular weight excluding hydrogens is 254 g/mol. The van der Waals surface area contributed by atoms with E-state index in [0.29, 0.717) is 17.8 Å². The molecule has 0 saturated heterocycles. The van der Waals surface area contributed by atoms with Gasteiger partial charge < -0.3 is 16.0 Å². The molecule has 5 heteroatoms. The molecule has 1 aromatic carbocycles. The lowest BCUT2D eigenvalue weighted by Gasteiger charge is -2.07. The first-order valence-electron chi connectivity index (χ1n) is 6.67. The zero-order chi connectivity index (χ0) is 14.8. The van der Waals surface area contributed by atoms with E-state index >= 15 is 0 Å². The van der Waals surface area contributed by atoms with E-state index < -0.39 is 0 Å². The Balaban J connectivity index is 2.47. The van der Waals surface area contributed by atoms with Crippen LogP contribution < -0.4 is 16.0 Å². The molecule has 3 N–H and O–H groups in total. The predicted octanol–water partition coefficient (Wildman–Crippen LogP) is 1.54. The first kappa shape index (κ1) is 15.9. The van der Waals surface area contributed by atoms with Crippen LogP contribution in [-0.4, -0.2) is 31.4 Å². The van der Waals surface area contributed by atoms with Crippen molar-refractivity contribution in [3.05, 3.63) is 42.5 Å². The van der Waals surface area contributed by atoms with Crippen LogP contribution in [0, 0.1) is 0 Å². The molecule has 0 atom stereocenters. The van der Waals surface area contributed by atoms with E-state index in [1.54, 1.807) is 30.3 Å². The van der Waals surface area contributed by atoms with Crippen LogP contribution in [0.3, 0.4) is 0 Å². The molecule has 0 spiro atoms. The highest BCUT2D eigenvalue weighted by molar-refractivity contribution is 5.96. The molecule has 0 fully saturated rings. The van der Waals surface area contributed by atoms with Crippen molar-refractivity contribution in [3.8, 4) is 0 Å². The third-order valence-electron chi connectivity index (χ3n) is 2.55. The smallest absolute Gasteiger partial charge is 0.251 e. The molecule has 5 nitrogen and oxygen atoms in total. The van der Waals surface area contributed by atoms with Crippen LogP contribution >= 0.6 is 0 Å². The van der Waals surface area contributed by atoms with Gasteiger partial charge in [0.15, 0.2) is 0 Å². The summed E-state index contributed by atoms with van der Waals surface area (Å²) in [6.45, 7) is 7.11. The molecule has 108 valence electrons. The third kappa shape index (κ3) is 5.67. The van der Waals surface area contributed by atoms with Crippen LogP contribution in [0.1, 0.15) is 23.7 Å². The number of rotatable bonds is 8. The predicted molar refractivity (Wildman–Crippen MR) is 80.8 cm³/mol. The number of carbonyl (C=O) groups is 2. The van der Waals surface area contributed by atoms with Crippen LogP contribution in [0.25, 0.3) is 0 Å². The SMILES string of the molecule is C=CCNC(=O)c1ccc(NC(=O)CNCCC)cc1. The van der Waals surface area contributed by atoms with E-state index in [0.717, 1.165) is 13.0 Å². The minimum absolute atomic E-state index is 0.0951. The van der Waals surface area contributed by atoms with Gasteiger partial charge in [-0.25, -0.2) is 0 Å². The summed E-state index contributed by atoms with van der Waals surface area (Å²) in [5.41, 5.74) is 1.22. The number of anilines is 1. The molecule has 2 amide bonds. The maximum absolute atomic E-state index is 11.7. The summed E-state index contributed by atoms with van der Waals surface area (Å²) >= 11 is 0. The first-order chi connectivity index (χ1) is 9.67. The van der Waals surface area contributed by atoms with Crippen molar-refractivity contribution in [3.63, 3.8) is 0 Å². The fraction of sp³-hybridized carbons (Fsp3) is 0.333. The van der Waals surface area contributed by atoms with Gasteiger partial charge in [0.2, 0.25) is 5.91 Å². The van der Waals surface area contributed by atoms with Crippen molar-refractivity contribution < 1.29 is 9.59 Å². The monoisotopic (exact) mass is 275 g/mol. The highest BCUT2D eigenvalue weighted by Crippen LogP contribution is 2.09. The van der Waals surface area contributed by atoms with Gasteiger partial charge in [-0.2, -0.15) is 0 Å². The molecule has 0 bridgehead atoms. The van der Waals surface area contributed by atoms with Crippen LogP contribution in [0.15, 0.2) is 36.9 Å². The van der Waals surface area contributed by atoms with Crippen LogP contribution in [0.5, 0.6) is 0 Å². The van der Waals surface area contributed by atoms with Gasteiger partial charge in [-0.1, -0.05) is 13.0 Å². The van der Waals surface area contributed by atoms with Crippen molar-refractivity contribution in [2.45, 2.75) is 13.3 Å². The average Bonchev–Trinajstić information content (AvgIpc) is 2.46. The maximum atomic E-state index is 11.7. The van der Waals surface area contributed by atoms with Crippen LogP contribution in [0.2, 0.25) is 0 Å². The Morgan fingerprint density at radius 1 is 1.25 bits per heavy atom. The van der Waals surface area contributed by atoms with Crippen molar-refractivity contribution in [1.29, 1.82) is 0 Å². The van der Waals surface area contributed by atoms with Gasteiger partial charge >= 0.3 is 0 Å². The van der Waals surface area contributed by atoms with E-state index in [-0.39, 0.29) is 18.4 Å². The number of hydrogen-bond donors (Lipinski definition) is 3. The second kappa shape index (κ2) is 8.87. The Labute approximate surface area is 119 Å². The topological polar surface area (TPSA) is 70.2 Å². The van der Waals surface area contributed by atoms with E-state index in [1.807, 2.05) is 6.92 Å². The maximum Gasteiger partial charge on any atom is 0.251 e. The summed E-state index contributed by atoms with van der Waals surface area (Å²) in [4.78, 5) is 23.2. The molecule has 0 unspecified atom stereocenters. The number of hydrogen-bond acceptors (Lipinski definition) is 3. The molecule has 0 saturated carbocycles. The largest absolute Gasteiger partial charge is 0.349 e. The van der Waals surface area contributed by atoms with E-state index in [2.05, 4.69) is 22.5 Å². The third-order valence-corrected chi connectivity index (χ3v) is 2.55. The second-order valence-corrected chi connectivity index (χ2v) is 4.30. The molecule has 0 radical (unpaired) electrons. The summed E-state index contributed by atoms with van der Waals surface area (Å²) in [5.74, 6) is -0.255. The minimum Gasteiger partial charge on any atom is -0.349 e. The van der Waals surface area contributed by atoms with Gasteiger partial charge in [-0.15, -0.1) is 6.58 Å². The molecule has 0 aliphatic rings. The zero-order valence-electron chi connectivity index (χ0n) is 11.7. The fourth-order valence-electron chi connectivity index (χ4n) is 1.56. The quantitative estimate of drug-likeness (QED) is 0.498. The van der Waals surface area contributed by atoms with Crippen molar-refractivity contribution in [1.82, 2.24) is 10.6 Å². The van der Waals surface area contributed by atoms with Gasteiger partial charge in [-0.3, -0.25) is 9.59 Å². The summed E-state index contributed by atoms with van der Waals surface area (Å²) < 4.78 is 0. The summed E-state index contributed by atoms with van der Waals surface area (Å²) in [7, 11) is 0. The van der Waals surface area contributed by atoms with Crippen molar-refractivity contribution in [2.24, 2.45) is 0 Å². The highest BCUT2D eigenvalue weighted by atomic mass is 16.2. The summed E-state index contributed by atoms with van der Waals surface area (Å²) in [6, 6.07) is 6.77. The lowest BCUT2D eigenvalue weighted by atomic mass is 10.2. The molecule has 20 heavy (non-hydrogen) atoms. The molecule has 0 heterocycles. The second-order valence-electron chi connectivity index (χ2n) is 4.30. The Bertz CT molecular complexity index is 455. The number of nitrogens with one attached hydrogen (secondary N) is 3. The number of amides is 2. The lowest BCUT2D eigenvalue weighted by molar-refractivity contribution is -0.115. The molecule has 1 aromatic rings. The van der Waals surface area contributed by atoms with E-state index in [9.17, 15) is 9.59 Å². The molecule has 0 aliphatic heterocycles. The molecular formula is C15H21N3O2. The van der Waals surface area contributed by atoms with Crippen LogP contribution in [-0.2, 0) is 4.79 Å². The van der Waals surface area contributed by atoms with Crippen molar-refractivity contribution >= 4 is 17.5 Å². The number of benzene rings is 1. The first-order valence-corrected chi connectivity index (χ1v) is 6.67. The van der Waals surface area contributed by atoms with Gasteiger partial charge in [0.05, 0.1) is 6.54 Å². The summed E-state index contributed by atoms with van der Waals surface area (Å²) in [6.07, 6.45) is 2.61. The highest BCUT2D eigenvalue weighted by Gasteiger charge is 2.05. The van der Waals surface area contributed by atoms with Gasteiger partial charge in [0.25, 0.3) is 5.91 Å². The molecule has 1 rings (SSSR count). The summed E-state index contributed by atoms with van der Waals surface area (Å²) in [5, 5.41) is 8.47. The van der Waals surface area contributed by atoms with E-state index in [4.69, 9.17) is 0 Å². The van der Waals surface area contributed by atoms with Crippen LogP contribution in [0.4, 0.5) is 5.69 Å². The van der Waals surface area contributed by atoms with Gasteiger partial charge in [0.1, 0.15) is 0 Å². The minimum atomic E-state index is -0.160. The fourth-order valence-corrected chi connectivity index (χ4v) is 1.56. The van der Waals surface area contributed by atoms with E-state index in [1.165, 1.54) is 0 Å². The van der Waals surface area contributed by atoms with Gasteiger partial charge in [0, 0.05) is 17.8 Å². The standard InChI is InChI=1S/C15H21N3O2/c1-3-9-16-11-14(19)18-13-7-5-12(6-8-13)15(20)17-10-4-2/h4-8,16H,2-3,9-11H2,1H3,(H,17,20)(H,18,19). The number of carbonyl (C=O) groups excluding carboxylic acids is 2. The Kier molecular flexibility index (Phi) is 7.06. The zero-order valence-corrected chi connectivity index (χ0v) is 11.7.